The van der Waals surface area contributed by atoms with E-state index < -0.39 is 0 Å². The molecule has 1 aliphatic heterocycles. The molecule has 0 spiro atoms. The summed E-state index contributed by atoms with van der Waals surface area (Å²) in [5.41, 5.74) is 1.38. The van der Waals surface area contributed by atoms with Crippen molar-refractivity contribution in [2.45, 2.75) is 38.2 Å². The van der Waals surface area contributed by atoms with E-state index in [0.29, 0.717) is 6.10 Å². The molecule has 0 aromatic heterocycles. The van der Waals surface area contributed by atoms with Gasteiger partial charge in [0.2, 0.25) is 0 Å². The first kappa shape index (κ1) is 15.8. The summed E-state index contributed by atoms with van der Waals surface area (Å²) in [4.78, 5) is 4.28. The number of guanidine groups is 1. The van der Waals surface area contributed by atoms with Gasteiger partial charge in [0.15, 0.2) is 5.96 Å². The van der Waals surface area contributed by atoms with Crippen LogP contribution in [0.25, 0.3) is 0 Å². The minimum absolute atomic E-state index is 0.0583. The van der Waals surface area contributed by atoms with Gasteiger partial charge in [-0.3, -0.25) is 4.99 Å². The average Bonchev–Trinajstić information content (AvgIpc) is 3.02. The van der Waals surface area contributed by atoms with Crippen LogP contribution in [0.15, 0.2) is 35.3 Å². The Kier molecular flexibility index (Phi) is 5.62. The third kappa shape index (κ3) is 4.74. The minimum atomic E-state index is 0.0583. The highest BCUT2D eigenvalue weighted by molar-refractivity contribution is 5.79. The summed E-state index contributed by atoms with van der Waals surface area (Å²) in [5.74, 6) is 0.842. The van der Waals surface area contributed by atoms with Crippen LogP contribution >= 0.6 is 0 Å². The molecule has 2 rings (SSSR count). The fraction of sp³-hybridized carbons (Fsp3) is 0.588. The second kappa shape index (κ2) is 7.46. The molecule has 1 aliphatic rings. The first-order valence-electron chi connectivity index (χ1n) is 7.73. The van der Waals surface area contributed by atoms with Gasteiger partial charge in [0.05, 0.1) is 6.10 Å². The van der Waals surface area contributed by atoms with Gasteiger partial charge in [-0.25, -0.2) is 0 Å². The Bertz CT molecular complexity index is 450. The van der Waals surface area contributed by atoms with Crippen molar-refractivity contribution in [3.05, 3.63) is 35.9 Å². The normalized spacial score (nSPS) is 19.6. The van der Waals surface area contributed by atoms with Crippen molar-refractivity contribution in [3.8, 4) is 0 Å². The summed E-state index contributed by atoms with van der Waals surface area (Å²) in [7, 11) is 1.81. The Hall–Kier alpha value is -1.55. The lowest BCUT2D eigenvalue weighted by molar-refractivity contribution is 0.114. The van der Waals surface area contributed by atoms with Crippen molar-refractivity contribution in [3.63, 3.8) is 0 Å². The highest BCUT2D eigenvalue weighted by atomic mass is 16.5. The number of nitrogens with one attached hydrogen (secondary N) is 2. The summed E-state index contributed by atoms with van der Waals surface area (Å²) in [5, 5.41) is 6.76. The predicted octanol–water partition coefficient (Wildman–Crippen LogP) is 2.31. The van der Waals surface area contributed by atoms with Crippen LogP contribution in [0.1, 0.15) is 32.3 Å². The van der Waals surface area contributed by atoms with E-state index >= 15 is 0 Å². The Labute approximate surface area is 128 Å². The molecule has 1 heterocycles. The molecule has 116 valence electrons. The standard InChI is InChI=1S/C17H27N3O/c1-17(2,14-8-5-4-6-9-14)13-20-16(18-3)19-12-15-10-7-11-21-15/h4-6,8-9,15H,7,10-13H2,1-3H3,(H2,18,19,20). The van der Waals surface area contributed by atoms with Gasteiger partial charge in [-0.1, -0.05) is 44.2 Å². The summed E-state index contributed by atoms with van der Waals surface area (Å²) in [6, 6.07) is 10.6. The Morgan fingerprint density at radius 2 is 2.05 bits per heavy atom. The molecule has 1 atom stereocenters. The molecule has 0 amide bonds. The van der Waals surface area contributed by atoms with Gasteiger partial charge < -0.3 is 15.4 Å². The van der Waals surface area contributed by atoms with Gasteiger partial charge in [-0.2, -0.15) is 0 Å². The zero-order valence-electron chi connectivity index (χ0n) is 13.4. The molecule has 0 bridgehead atoms. The van der Waals surface area contributed by atoms with Crippen LogP contribution in [0.3, 0.4) is 0 Å². The van der Waals surface area contributed by atoms with Crippen molar-refractivity contribution < 1.29 is 4.74 Å². The van der Waals surface area contributed by atoms with E-state index in [2.05, 4.69) is 59.8 Å². The lowest BCUT2D eigenvalue weighted by Crippen LogP contribution is -2.45. The zero-order chi connectivity index (χ0) is 15.1. The fourth-order valence-electron chi connectivity index (χ4n) is 2.53. The van der Waals surface area contributed by atoms with Gasteiger partial charge in [-0.05, 0) is 18.4 Å². The molecule has 1 fully saturated rings. The van der Waals surface area contributed by atoms with Crippen LogP contribution in [0.4, 0.5) is 0 Å². The molecule has 2 N–H and O–H groups in total. The molecule has 0 radical (unpaired) electrons. The number of nitrogens with zero attached hydrogens (tertiary/aromatic N) is 1. The van der Waals surface area contributed by atoms with Crippen LogP contribution in [-0.2, 0) is 10.2 Å². The van der Waals surface area contributed by atoms with Gasteiger partial charge >= 0.3 is 0 Å². The molecular weight excluding hydrogens is 262 g/mol. The van der Waals surface area contributed by atoms with E-state index in [1.54, 1.807) is 7.05 Å². The highest BCUT2D eigenvalue weighted by Gasteiger charge is 2.21. The van der Waals surface area contributed by atoms with Crippen LogP contribution in [0, 0.1) is 0 Å². The lowest BCUT2D eigenvalue weighted by Gasteiger charge is -2.27. The Morgan fingerprint density at radius 1 is 1.29 bits per heavy atom. The number of benzene rings is 1. The summed E-state index contributed by atoms with van der Waals surface area (Å²) < 4.78 is 5.62. The zero-order valence-corrected chi connectivity index (χ0v) is 13.4. The highest BCUT2D eigenvalue weighted by Crippen LogP contribution is 2.21. The van der Waals surface area contributed by atoms with Gasteiger partial charge in [0.1, 0.15) is 0 Å². The summed E-state index contributed by atoms with van der Waals surface area (Å²) in [6.45, 7) is 7.03. The van der Waals surface area contributed by atoms with Gasteiger partial charge in [0, 0.05) is 32.2 Å². The quantitative estimate of drug-likeness (QED) is 0.646. The van der Waals surface area contributed by atoms with Crippen molar-refractivity contribution in [2.24, 2.45) is 4.99 Å². The van der Waals surface area contributed by atoms with Crippen molar-refractivity contribution in [1.29, 1.82) is 0 Å². The fourth-order valence-corrected chi connectivity index (χ4v) is 2.53. The first-order chi connectivity index (χ1) is 10.1. The van der Waals surface area contributed by atoms with E-state index in [9.17, 15) is 0 Å². The van der Waals surface area contributed by atoms with E-state index in [1.807, 2.05) is 0 Å². The van der Waals surface area contributed by atoms with E-state index in [-0.39, 0.29) is 5.41 Å². The van der Waals surface area contributed by atoms with Crippen molar-refractivity contribution >= 4 is 5.96 Å². The van der Waals surface area contributed by atoms with Gasteiger partial charge in [0.25, 0.3) is 0 Å². The smallest absolute Gasteiger partial charge is 0.191 e. The lowest BCUT2D eigenvalue weighted by atomic mass is 9.85. The maximum atomic E-state index is 5.62. The van der Waals surface area contributed by atoms with Crippen LogP contribution in [0.2, 0.25) is 0 Å². The summed E-state index contributed by atoms with van der Waals surface area (Å²) in [6.07, 6.45) is 2.63. The van der Waals surface area contributed by atoms with E-state index in [0.717, 1.165) is 32.1 Å². The third-order valence-electron chi connectivity index (χ3n) is 4.00. The maximum Gasteiger partial charge on any atom is 0.191 e. The molecule has 1 aromatic carbocycles. The van der Waals surface area contributed by atoms with E-state index in [1.165, 1.54) is 12.0 Å². The largest absolute Gasteiger partial charge is 0.376 e. The Morgan fingerprint density at radius 3 is 2.67 bits per heavy atom. The Balaban J connectivity index is 1.82. The molecule has 0 aliphatic carbocycles. The number of ether oxygens (including phenoxy) is 1. The second-order valence-electron chi connectivity index (χ2n) is 6.19. The van der Waals surface area contributed by atoms with Crippen molar-refractivity contribution in [2.75, 3.05) is 26.7 Å². The molecule has 4 nitrogen and oxygen atoms in total. The van der Waals surface area contributed by atoms with Crippen LogP contribution in [-0.4, -0.2) is 38.8 Å². The average molecular weight is 289 g/mol. The monoisotopic (exact) mass is 289 g/mol. The second-order valence-corrected chi connectivity index (χ2v) is 6.19. The number of rotatable bonds is 5. The number of aliphatic imine (C=N–C) groups is 1. The SMILES string of the molecule is CN=C(NCC1CCCO1)NCC(C)(C)c1ccccc1. The van der Waals surface area contributed by atoms with Crippen LogP contribution < -0.4 is 10.6 Å². The van der Waals surface area contributed by atoms with Gasteiger partial charge in [-0.15, -0.1) is 0 Å². The van der Waals surface area contributed by atoms with E-state index in [4.69, 9.17) is 4.74 Å². The minimum Gasteiger partial charge on any atom is -0.376 e. The molecule has 0 saturated carbocycles. The molecule has 1 unspecified atom stereocenters. The first-order valence-corrected chi connectivity index (χ1v) is 7.73. The molecular formula is C17H27N3O. The molecule has 21 heavy (non-hydrogen) atoms. The molecule has 1 aromatic rings. The topological polar surface area (TPSA) is 45.7 Å². The molecule has 4 heteroatoms. The predicted molar refractivity (Wildman–Crippen MR) is 87.8 cm³/mol. The van der Waals surface area contributed by atoms with Crippen molar-refractivity contribution in [1.82, 2.24) is 10.6 Å². The number of hydrogen-bond donors (Lipinski definition) is 2. The third-order valence-corrected chi connectivity index (χ3v) is 4.00. The van der Waals surface area contributed by atoms with Crippen LogP contribution in [0.5, 0.6) is 0 Å². The molecule has 1 saturated heterocycles. The maximum absolute atomic E-state index is 5.62. The summed E-state index contributed by atoms with van der Waals surface area (Å²) >= 11 is 0. The number of hydrogen-bond acceptors (Lipinski definition) is 2.